The van der Waals surface area contributed by atoms with Crippen molar-refractivity contribution < 1.29 is 4.79 Å². The van der Waals surface area contributed by atoms with E-state index in [0.29, 0.717) is 6.42 Å². The van der Waals surface area contributed by atoms with Gasteiger partial charge in [-0.25, -0.2) is 5.43 Å². The molecule has 0 aromatic heterocycles. The van der Waals surface area contributed by atoms with Crippen molar-refractivity contribution in [2.24, 2.45) is 10.5 Å². The zero-order valence-electron chi connectivity index (χ0n) is 9.25. The molecule has 1 aliphatic rings. The van der Waals surface area contributed by atoms with Crippen LogP contribution < -0.4 is 5.43 Å². The molecule has 1 aromatic rings. The summed E-state index contributed by atoms with van der Waals surface area (Å²) in [5.41, 5.74) is 4.01. The van der Waals surface area contributed by atoms with Crippen molar-refractivity contribution in [1.29, 1.82) is 0 Å². The van der Waals surface area contributed by atoms with Crippen LogP contribution in [-0.2, 0) is 11.2 Å². The molecule has 3 nitrogen and oxygen atoms in total. The first kappa shape index (κ1) is 11.3. The van der Waals surface area contributed by atoms with Gasteiger partial charge in [-0.3, -0.25) is 4.79 Å². The molecule has 0 saturated heterocycles. The number of hydrogen-bond donors (Lipinski definition) is 1. The number of benzene rings is 1. The number of nitrogens with zero attached hydrogens (tertiary/aromatic N) is 1. The van der Waals surface area contributed by atoms with E-state index in [-0.39, 0.29) is 5.91 Å². The first-order valence-electron chi connectivity index (χ1n) is 5.12. The molecule has 4 heteroatoms. The summed E-state index contributed by atoms with van der Waals surface area (Å²) in [5.74, 6) is -0.0204. The molecule has 0 saturated carbocycles. The monoisotopic (exact) mass is 280 g/mol. The molecule has 1 heterocycles. The first-order valence-corrected chi connectivity index (χ1v) is 5.91. The molecule has 0 radical (unpaired) electrons. The highest BCUT2D eigenvalue weighted by Crippen LogP contribution is 2.28. The molecule has 1 atom stereocenters. The lowest BCUT2D eigenvalue weighted by atomic mass is 9.80. The predicted molar refractivity (Wildman–Crippen MR) is 67.2 cm³/mol. The van der Waals surface area contributed by atoms with Crippen molar-refractivity contribution in [3.8, 4) is 0 Å². The maximum atomic E-state index is 11.7. The summed E-state index contributed by atoms with van der Waals surface area (Å²) in [5, 5.41) is 3.99. The maximum absolute atomic E-state index is 11.7. The highest BCUT2D eigenvalue weighted by Gasteiger charge is 2.40. The molecule has 0 bridgehead atoms. The number of nitrogens with one attached hydrogen (secondary N) is 1. The van der Waals surface area contributed by atoms with Crippen LogP contribution in [0.4, 0.5) is 0 Å². The molecule has 0 spiro atoms. The van der Waals surface area contributed by atoms with E-state index in [9.17, 15) is 4.79 Å². The standard InChI is InChI=1S/C12H13BrN2O/c1-8-12(2,11(16)15-14-8)7-9-3-5-10(13)6-4-9/h3-6H,7H2,1-2H3,(H,15,16)/t12-/m1/s1. The van der Waals surface area contributed by atoms with Gasteiger partial charge >= 0.3 is 0 Å². The van der Waals surface area contributed by atoms with Crippen molar-refractivity contribution in [1.82, 2.24) is 5.43 Å². The molecular weight excluding hydrogens is 268 g/mol. The summed E-state index contributed by atoms with van der Waals surface area (Å²) < 4.78 is 1.04. The largest absolute Gasteiger partial charge is 0.272 e. The second-order valence-corrected chi connectivity index (χ2v) is 5.19. The van der Waals surface area contributed by atoms with Crippen molar-refractivity contribution in [3.05, 3.63) is 34.3 Å². The SMILES string of the molecule is CC1=NNC(=O)[C@]1(C)Cc1ccc(Br)cc1. The summed E-state index contributed by atoms with van der Waals surface area (Å²) in [7, 11) is 0. The van der Waals surface area contributed by atoms with Crippen LogP contribution in [0.25, 0.3) is 0 Å². The molecule has 84 valence electrons. The Morgan fingerprint density at radius 2 is 2.00 bits per heavy atom. The summed E-state index contributed by atoms with van der Waals surface area (Å²) in [6.45, 7) is 3.81. The third kappa shape index (κ3) is 1.89. The fourth-order valence-corrected chi connectivity index (χ4v) is 2.03. The van der Waals surface area contributed by atoms with Gasteiger partial charge in [-0.2, -0.15) is 5.10 Å². The van der Waals surface area contributed by atoms with Crippen molar-refractivity contribution >= 4 is 27.5 Å². The fraction of sp³-hybridized carbons (Fsp3) is 0.333. The number of hydrazone groups is 1. The van der Waals surface area contributed by atoms with Crippen LogP contribution in [0.3, 0.4) is 0 Å². The molecule has 2 rings (SSSR count). The third-order valence-electron chi connectivity index (χ3n) is 3.10. The van der Waals surface area contributed by atoms with Gasteiger partial charge in [-0.15, -0.1) is 0 Å². The summed E-state index contributed by atoms with van der Waals surface area (Å²) in [4.78, 5) is 11.7. The fourth-order valence-electron chi connectivity index (χ4n) is 1.76. The molecule has 0 aliphatic carbocycles. The first-order chi connectivity index (χ1) is 7.52. The van der Waals surface area contributed by atoms with E-state index in [1.54, 1.807) is 0 Å². The lowest BCUT2D eigenvalue weighted by molar-refractivity contribution is -0.125. The molecule has 1 aliphatic heterocycles. The summed E-state index contributed by atoms with van der Waals surface area (Å²) >= 11 is 3.39. The number of hydrogen-bond acceptors (Lipinski definition) is 2. The third-order valence-corrected chi connectivity index (χ3v) is 3.62. The van der Waals surface area contributed by atoms with Crippen LogP contribution in [-0.4, -0.2) is 11.6 Å². The van der Waals surface area contributed by atoms with Crippen LogP contribution in [0.5, 0.6) is 0 Å². The smallest absolute Gasteiger partial charge is 0.252 e. The maximum Gasteiger partial charge on any atom is 0.252 e. The van der Waals surface area contributed by atoms with Crippen LogP contribution in [0.1, 0.15) is 19.4 Å². The average molecular weight is 281 g/mol. The van der Waals surface area contributed by atoms with Gasteiger partial charge in [0, 0.05) is 4.47 Å². The van der Waals surface area contributed by atoms with Gasteiger partial charge in [0.05, 0.1) is 11.1 Å². The number of carbonyl (C=O) groups excluding carboxylic acids is 1. The molecule has 16 heavy (non-hydrogen) atoms. The Morgan fingerprint density at radius 3 is 2.50 bits per heavy atom. The Labute approximate surface area is 103 Å². The van der Waals surface area contributed by atoms with Crippen LogP contribution in [0.2, 0.25) is 0 Å². The molecule has 1 aromatic carbocycles. The lowest BCUT2D eigenvalue weighted by Crippen LogP contribution is -2.36. The molecule has 1 amide bonds. The number of halogens is 1. The Hall–Kier alpha value is -1.16. The van der Waals surface area contributed by atoms with Gasteiger partial charge in [-0.05, 0) is 38.0 Å². The van der Waals surface area contributed by atoms with Crippen molar-refractivity contribution in [2.45, 2.75) is 20.3 Å². The van der Waals surface area contributed by atoms with Gasteiger partial charge in [-0.1, -0.05) is 28.1 Å². The second-order valence-electron chi connectivity index (χ2n) is 4.27. The Bertz CT molecular complexity index is 453. The van der Waals surface area contributed by atoms with Gasteiger partial charge < -0.3 is 0 Å². The van der Waals surface area contributed by atoms with Crippen LogP contribution in [0.15, 0.2) is 33.8 Å². The minimum atomic E-state index is -0.506. The summed E-state index contributed by atoms with van der Waals surface area (Å²) in [6.07, 6.45) is 0.682. The van der Waals surface area contributed by atoms with Crippen molar-refractivity contribution in [2.75, 3.05) is 0 Å². The topological polar surface area (TPSA) is 41.5 Å². The highest BCUT2D eigenvalue weighted by atomic mass is 79.9. The normalized spacial score (nSPS) is 24.2. The van der Waals surface area contributed by atoms with E-state index in [1.165, 1.54) is 0 Å². The highest BCUT2D eigenvalue weighted by molar-refractivity contribution is 9.10. The van der Waals surface area contributed by atoms with E-state index < -0.39 is 5.41 Å². The van der Waals surface area contributed by atoms with E-state index in [0.717, 1.165) is 15.7 Å². The molecule has 0 unspecified atom stereocenters. The Balaban J connectivity index is 2.24. The van der Waals surface area contributed by atoms with E-state index in [4.69, 9.17) is 0 Å². The van der Waals surface area contributed by atoms with Gasteiger partial charge in [0.15, 0.2) is 0 Å². The van der Waals surface area contributed by atoms with Gasteiger partial charge in [0.1, 0.15) is 0 Å². The zero-order chi connectivity index (χ0) is 11.8. The minimum absolute atomic E-state index is 0.0204. The predicted octanol–water partition coefficient (Wildman–Crippen LogP) is 2.50. The van der Waals surface area contributed by atoms with Crippen LogP contribution >= 0.6 is 15.9 Å². The van der Waals surface area contributed by atoms with Gasteiger partial charge in [0.2, 0.25) is 0 Å². The lowest BCUT2D eigenvalue weighted by Gasteiger charge is -2.21. The van der Waals surface area contributed by atoms with Crippen molar-refractivity contribution in [3.63, 3.8) is 0 Å². The molecular formula is C12H13BrN2O. The molecule has 0 fully saturated rings. The average Bonchev–Trinajstić information content (AvgIpc) is 2.50. The van der Waals surface area contributed by atoms with E-state index >= 15 is 0 Å². The van der Waals surface area contributed by atoms with E-state index in [2.05, 4.69) is 26.5 Å². The van der Waals surface area contributed by atoms with Crippen LogP contribution in [0, 0.1) is 5.41 Å². The summed E-state index contributed by atoms with van der Waals surface area (Å²) in [6, 6.07) is 8.01. The number of rotatable bonds is 2. The zero-order valence-corrected chi connectivity index (χ0v) is 10.8. The van der Waals surface area contributed by atoms with E-state index in [1.807, 2.05) is 38.1 Å². The number of amides is 1. The molecule has 1 N–H and O–H groups in total. The minimum Gasteiger partial charge on any atom is -0.272 e. The quantitative estimate of drug-likeness (QED) is 0.889. The second kappa shape index (κ2) is 4.01. The Morgan fingerprint density at radius 1 is 1.38 bits per heavy atom. The number of carbonyl (C=O) groups is 1. The Kier molecular flexibility index (Phi) is 2.84. The van der Waals surface area contributed by atoms with Gasteiger partial charge in [0.25, 0.3) is 5.91 Å².